The summed E-state index contributed by atoms with van der Waals surface area (Å²) >= 11 is 1.94. The first kappa shape index (κ1) is 15.8. The van der Waals surface area contributed by atoms with Crippen molar-refractivity contribution in [1.29, 1.82) is 0 Å². The summed E-state index contributed by atoms with van der Waals surface area (Å²) in [7, 11) is 1.72. The molecule has 1 aliphatic rings. The lowest BCUT2D eigenvalue weighted by atomic mass is 9.96. The molecular formula is C14H25N3O2S. The third kappa shape index (κ3) is 2.87. The highest BCUT2D eigenvalue weighted by Crippen LogP contribution is 2.35. The van der Waals surface area contributed by atoms with Crippen molar-refractivity contribution in [3.8, 4) is 0 Å². The van der Waals surface area contributed by atoms with Crippen LogP contribution in [0.2, 0.25) is 0 Å². The summed E-state index contributed by atoms with van der Waals surface area (Å²) in [5, 5.41) is 7.70. The Hall–Kier alpha value is -0.590. The quantitative estimate of drug-likeness (QED) is 0.835. The normalized spacial score (nSPS) is 23.4. The molecule has 1 fully saturated rings. The maximum Gasteiger partial charge on any atom is 0.232 e. The van der Waals surface area contributed by atoms with Gasteiger partial charge in [0.2, 0.25) is 11.7 Å². The fourth-order valence-electron chi connectivity index (χ4n) is 2.78. The van der Waals surface area contributed by atoms with Gasteiger partial charge in [0, 0.05) is 24.7 Å². The van der Waals surface area contributed by atoms with Gasteiger partial charge in [-0.15, -0.1) is 0 Å². The number of aromatic nitrogens is 2. The molecule has 1 aromatic rings. The fraction of sp³-hybridized carbons (Fsp3) is 0.857. The highest BCUT2D eigenvalue weighted by atomic mass is 32.2. The summed E-state index contributed by atoms with van der Waals surface area (Å²) in [4.78, 5) is 4.65. The van der Waals surface area contributed by atoms with Crippen molar-refractivity contribution < 1.29 is 9.26 Å². The molecule has 2 atom stereocenters. The van der Waals surface area contributed by atoms with Crippen molar-refractivity contribution in [2.45, 2.75) is 51.2 Å². The Morgan fingerprint density at radius 2 is 2.10 bits per heavy atom. The Labute approximate surface area is 125 Å². The Morgan fingerprint density at radius 3 is 2.70 bits per heavy atom. The average Bonchev–Trinajstić information content (AvgIpc) is 3.11. The van der Waals surface area contributed by atoms with Gasteiger partial charge in [-0.3, -0.25) is 0 Å². The molecular weight excluding hydrogens is 274 g/mol. The van der Waals surface area contributed by atoms with E-state index in [0.717, 1.165) is 36.8 Å². The molecule has 1 aromatic heterocycles. The standard InChI is InChI=1S/C14H25N3O2S/c1-5-14(6-2,18-4)13-16-12(19-17-13)10-8-20-9-11(10)15-7-3/h10-11,15H,5-9H2,1-4H3. The van der Waals surface area contributed by atoms with Crippen LogP contribution in [0.5, 0.6) is 0 Å². The largest absolute Gasteiger partial charge is 0.370 e. The van der Waals surface area contributed by atoms with Gasteiger partial charge in [-0.25, -0.2) is 0 Å². The molecule has 0 radical (unpaired) electrons. The van der Waals surface area contributed by atoms with Crippen molar-refractivity contribution >= 4 is 11.8 Å². The third-order valence-corrected chi connectivity index (χ3v) is 5.44. The van der Waals surface area contributed by atoms with E-state index < -0.39 is 5.60 Å². The summed E-state index contributed by atoms with van der Waals surface area (Å²) in [6, 6.07) is 0.429. The van der Waals surface area contributed by atoms with Gasteiger partial charge in [-0.1, -0.05) is 25.9 Å². The lowest BCUT2D eigenvalue weighted by molar-refractivity contribution is -0.0306. The monoisotopic (exact) mass is 299 g/mol. The first-order valence-corrected chi connectivity index (χ1v) is 8.56. The van der Waals surface area contributed by atoms with E-state index in [1.807, 2.05) is 11.8 Å². The van der Waals surface area contributed by atoms with Crippen LogP contribution in [0.1, 0.15) is 51.2 Å². The minimum absolute atomic E-state index is 0.310. The van der Waals surface area contributed by atoms with Crippen molar-refractivity contribution in [3.05, 3.63) is 11.7 Å². The first-order chi connectivity index (χ1) is 9.70. The average molecular weight is 299 g/mol. The summed E-state index contributed by atoms with van der Waals surface area (Å²) < 4.78 is 11.2. The number of hydrogen-bond acceptors (Lipinski definition) is 6. The highest BCUT2D eigenvalue weighted by molar-refractivity contribution is 7.99. The molecule has 0 aromatic carbocycles. The predicted molar refractivity (Wildman–Crippen MR) is 81.1 cm³/mol. The zero-order chi connectivity index (χ0) is 14.6. The summed E-state index contributed by atoms with van der Waals surface area (Å²) in [5.41, 5.74) is -0.415. The van der Waals surface area contributed by atoms with E-state index in [9.17, 15) is 0 Å². The summed E-state index contributed by atoms with van der Waals surface area (Å²) in [6.07, 6.45) is 1.68. The molecule has 2 unspecified atom stereocenters. The van der Waals surface area contributed by atoms with Crippen LogP contribution >= 0.6 is 11.8 Å². The van der Waals surface area contributed by atoms with E-state index in [2.05, 4.69) is 36.2 Å². The Bertz CT molecular complexity index is 412. The molecule has 1 N–H and O–H groups in total. The molecule has 0 amide bonds. The van der Waals surface area contributed by atoms with E-state index in [1.165, 1.54) is 0 Å². The second-order valence-corrected chi connectivity index (χ2v) is 6.24. The summed E-state index contributed by atoms with van der Waals surface area (Å²) in [5.74, 6) is 3.89. The van der Waals surface area contributed by atoms with Gasteiger partial charge >= 0.3 is 0 Å². The fourth-order valence-corrected chi connectivity index (χ4v) is 4.15. The number of methoxy groups -OCH3 is 1. The van der Waals surface area contributed by atoms with Crippen molar-refractivity contribution in [1.82, 2.24) is 15.5 Å². The van der Waals surface area contributed by atoms with E-state index in [-0.39, 0.29) is 0 Å². The lowest BCUT2D eigenvalue weighted by Gasteiger charge is -2.26. The molecule has 0 bridgehead atoms. The Kier molecular flexibility index (Phi) is 5.46. The van der Waals surface area contributed by atoms with Gasteiger partial charge < -0.3 is 14.6 Å². The SMILES string of the molecule is CCNC1CSCC1c1nc(C(CC)(CC)OC)no1. The number of nitrogens with one attached hydrogen (secondary N) is 1. The van der Waals surface area contributed by atoms with E-state index in [4.69, 9.17) is 9.26 Å². The van der Waals surface area contributed by atoms with Crippen LogP contribution in [0, 0.1) is 0 Å². The van der Waals surface area contributed by atoms with Gasteiger partial charge in [0.25, 0.3) is 0 Å². The second-order valence-electron chi connectivity index (χ2n) is 5.17. The van der Waals surface area contributed by atoms with Crippen LogP contribution < -0.4 is 5.32 Å². The van der Waals surface area contributed by atoms with Crippen LogP contribution in [0.4, 0.5) is 0 Å². The number of nitrogens with zero attached hydrogens (tertiary/aromatic N) is 2. The molecule has 0 spiro atoms. The minimum atomic E-state index is -0.415. The predicted octanol–water partition coefficient (Wildman–Crippen LogP) is 2.54. The van der Waals surface area contributed by atoms with Gasteiger partial charge in [0.1, 0.15) is 5.60 Å². The molecule has 2 heterocycles. The van der Waals surface area contributed by atoms with Crippen molar-refractivity contribution in [2.24, 2.45) is 0 Å². The van der Waals surface area contributed by atoms with Crippen molar-refractivity contribution in [2.75, 3.05) is 25.2 Å². The number of likely N-dealkylation sites (N-methyl/N-ethyl adjacent to an activating group) is 1. The van der Waals surface area contributed by atoms with Gasteiger partial charge in [0.05, 0.1) is 5.92 Å². The van der Waals surface area contributed by atoms with Gasteiger partial charge in [-0.05, 0) is 19.4 Å². The molecule has 6 heteroatoms. The maximum absolute atomic E-state index is 5.67. The molecule has 1 saturated heterocycles. The highest BCUT2D eigenvalue weighted by Gasteiger charge is 2.37. The third-order valence-electron chi connectivity index (χ3n) is 4.25. The van der Waals surface area contributed by atoms with Crippen molar-refractivity contribution in [3.63, 3.8) is 0 Å². The zero-order valence-electron chi connectivity index (χ0n) is 12.8. The topological polar surface area (TPSA) is 60.2 Å². The van der Waals surface area contributed by atoms with Crippen LogP contribution in [-0.4, -0.2) is 41.3 Å². The molecule has 1 aliphatic heterocycles. The van der Waals surface area contributed by atoms with Crippen LogP contribution in [-0.2, 0) is 10.3 Å². The van der Waals surface area contributed by atoms with Crippen LogP contribution in [0.3, 0.4) is 0 Å². The van der Waals surface area contributed by atoms with Gasteiger partial charge in [0.15, 0.2) is 0 Å². The van der Waals surface area contributed by atoms with Crippen LogP contribution in [0.25, 0.3) is 0 Å². The van der Waals surface area contributed by atoms with E-state index in [0.29, 0.717) is 17.8 Å². The molecule has 0 saturated carbocycles. The Balaban J connectivity index is 2.20. The molecule has 20 heavy (non-hydrogen) atoms. The first-order valence-electron chi connectivity index (χ1n) is 7.41. The Morgan fingerprint density at radius 1 is 1.35 bits per heavy atom. The number of ether oxygens (including phenoxy) is 1. The number of hydrogen-bond donors (Lipinski definition) is 1. The minimum Gasteiger partial charge on any atom is -0.370 e. The maximum atomic E-state index is 5.67. The van der Waals surface area contributed by atoms with E-state index >= 15 is 0 Å². The number of thioether (sulfide) groups is 1. The molecule has 5 nitrogen and oxygen atoms in total. The number of rotatable bonds is 7. The second kappa shape index (κ2) is 6.91. The van der Waals surface area contributed by atoms with E-state index in [1.54, 1.807) is 7.11 Å². The molecule has 0 aliphatic carbocycles. The summed E-state index contributed by atoms with van der Waals surface area (Å²) in [6.45, 7) is 7.28. The molecule has 114 valence electrons. The lowest BCUT2D eigenvalue weighted by Crippen LogP contribution is -2.34. The van der Waals surface area contributed by atoms with Gasteiger partial charge in [-0.2, -0.15) is 16.7 Å². The molecule has 2 rings (SSSR count). The smallest absolute Gasteiger partial charge is 0.232 e. The zero-order valence-corrected chi connectivity index (χ0v) is 13.6. The van der Waals surface area contributed by atoms with Crippen LogP contribution in [0.15, 0.2) is 4.52 Å².